The number of hydrogen-bond acceptors (Lipinski definition) is 1. The number of aromatic nitrogens is 1. The molecule has 0 saturated carbocycles. The molecular formula is C12H16N2. The van der Waals surface area contributed by atoms with Crippen LogP contribution in [0.2, 0.25) is 0 Å². The molecule has 0 radical (unpaired) electrons. The first-order valence-electron chi connectivity index (χ1n) is 4.89. The highest BCUT2D eigenvalue weighted by molar-refractivity contribution is 5.86. The minimum Gasteiger partial charge on any atom is -0.348 e. The van der Waals surface area contributed by atoms with E-state index in [0.29, 0.717) is 6.54 Å². The van der Waals surface area contributed by atoms with Gasteiger partial charge in [-0.15, -0.1) is 0 Å². The van der Waals surface area contributed by atoms with Crippen LogP contribution in [0, 0.1) is 13.8 Å². The lowest BCUT2D eigenvalue weighted by Crippen LogP contribution is -1.98. The van der Waals surface area contributed by atoms with Crippen molar-refractivity contribution in [3.8, 4) is 0 Å². The number of rotatable bonds is 1. The van der Waals surface area contributed by atoms with Crippen molar-refractivity contribution in [1.29, 1.82) is 0 Å². The van der Waals surface area contributed by atoms with Crippen molar-refractivity contribution in [2.24, 2.45) is 12.8 Å². The highest BCUT2D eigenvalue weighted by atomic mass is 14.9. The molecule has 2 aromatic rings. The van der Waals surface area contributed by atoms with Crippen LogP contribution in [-0.2, 0) is 13.6 Å². The van der Waals surface area contributed by atoms with Gasteiger partial charge in [0.25, 0.3) is 0 Å². The molecule has 2 heteroatoms. The van der Waals surface area contributed by atoms with Gasteiger partial charge in [-0.05, 0) is 31.0 Å². The molecule has 2 nitrogen and oxygen atoms in total. The van der Waals surface area contributed by atoms with Crippen molar-refractivity contribution in [2.45, 2.75) is 20.4 Å². The molecule has 0 unspecified atom stereocenters. The zero-order chi connectivity index (χ0) is 10.3. The lowest BCUT2D eigenvalue weighted by atomic mass is 10.1. The summed E-state index contributed by atoms with van der Waals surface area (Å²) in [6, 6.07) is 6.52. The van der Waals surface area contributed by atoms with Crippen LogP contribution in [0.1, 0.15) is 16.8 Å². The van der Waals surface area contributed by atoms with Crippen LogP contribution < -0.4 is 5.73 Å². The number of nitrogens with zero attached hydrogens (tertiary/aromatic N) is 1. The van der Waals surface area contributed by atoms with E-state index in [0.717, 1.165) is 0 Å². The molecule has 0 aliphatic heterocycles. The Morgan fingerprint density at radius 1 is 1.29 bits per heavy atom. The number of fused-ring (bicyclic) bond motifs is 1. The van der Waals surface area contributed by atoms with Gasteiger partial charge in [0.05, 0.1) is 0 Å². The van der Waals surface area contributed by atoms with E-state index in [1.165, 1.54) is 27.7 Å². The Kier molecular flexibility index (Phi) is 2.08. The third-order valence-corrected chi connectivity index (χ3v) is 2.98. The minimum absolute atomic E-state index is 0.617. The SMILES string of the molecule is Cc1ccc2c(CN)c(C)n(C)c2c1. The van der Waals surface area contributed by atoms with Gasteiger partial charge in [-0.25, -0.2) is 0 Å². The Morgan fingerprint density at radius 2 is 2.00 bits per heavy atom. The summed E-state index contributed by atoms with van der Waals surface area (Å²) in [7, 11) is 2.09. The van der Waals surface area contributed by atoms with Crippen LogP contribution in [0.5, 0.6) is 0 Å². The lowest BCUT2D eigenvalue weighted by Gasteiger charge is -1.99. The predicted molar refractivity (Wildman–Crippen MR) is 60.3 cm³/mol. The molecule has 0 aliphatic carbocycles. The summed E-state index contributed by atoms with van der Waals surface area (Å²) >= 11 is 0. The molecule has 14 heavy (non-hydrogen) atoms. The molecule has 0 bridgehead atoms. The highest BCUT2D eigenvalue weighted by Crippen LogP contribution is 2.25. The van der Waals surface area contributed by atoms with Crippen LogP contribution in [-0.4, -0.2) is 4.57 Å². The number of benzene rings is 1. The maximum Gasteiger partial charge on any atom is 0.0485 e. The van der Waals surface area contributed by atoms with E-state index in [1.807, 2.05) is 0 Å². The van der Waals surface area contributed by atoms with Crippen molar-refractivity contribution in [3.63, 3.8) is 0 Å². The van der Waals surface area contributed by atoms with E-state index in [1.54, 1.807) is 0 Å². The summed E-state index contributed by atoms with van der Waals surface area (Å²) in [4.78, 5) is 0. The highest BCUT2D eigenvalue weighted by Gasteiger charge is 2.09. The molecule has 74 valence electrons. The second-order valence-corrected chi connectivity index (χ2v) is 3.85. The zero-order valence-corrected chi connectivity index (χ0v) is 8.96. The van der Waals surface area contributed by atoms with Gasteiger partial charge in [0.2, 0.25) is 0 Å². The topological polar surface area (TPSA) is 30.9 Å². The van der Waals surface area contributed by atoms with Gasteiger partial charge in [-0.2, -0.15) is 0 Å². The number of hydrogen-bond donors (Lipinski definition) is 1. The summed E-state index contributed by atoms with van der Waals surface area (Å²) in [5.74, 6) is 0. The quantitative estimate of drug-likeness (QED) is 0.731. The van der Waals surface area contributed by atoms with Gasteiger partial charge in [-0.1, -0.05) is 12.1 Å². The van der Waals surface area contributed by atoms with Crippen LogP contribution >= 0.6 is 0 Å². The van der Waals surface area contributed by atoms with Crippen molar-refractivity contribution >= 4 is 10.9 Å². The van der Waals surface area contributed by atoms with Crippen LogP contribution in [0.3, 0.4) is 0 Å². The van der Waals surface area contributed by atoms with Crippen molar-refractivity contribution in [3.05, 3.63) is 35.0 Å². The molecule has 1 aromatic carbocycles. The van der Waals surface area contributed by atoms with Gasteiger partial charge >= 0.3 is 0 Å². The summed E-state index contributed by atoms with van der Waals surface area (Å²) in [5, 5.41) is 1.29. The van der Waals surface area contributed by atoms with Crippen LogP contribution in [0.25, 0.3) is 10.9 Å². The van der Waals surface area contributed by atoms with Gasteiger partial charge in [0, 0.05) is 30.2 Å². The van der Waals surface area contributed by atoms with Crippen molar-refractivity contribution < 1.29 is 0 Å². The van der Waals surface area contributed by atoms with E-state index < -0.39 is 0 Å². The standard InChI is InChI=1S/C12H16N2/c1-8-4-5-10-11(7-13)9(2)14(3)12(10)6-8/h4-6H,7,13H2,1-3H3. The smallest absolute Gasteiger partial charge is 0.0485 e. The van der Waals surface area contributed by atoms with Crippen molar-refractivity contribution in [2.75, 3.05) is 0 Å². The molecule has 1 aromatic heterocycles. The molecule has 0 spiro atoms. The fourth-order valence-corrected chi connectivity index (χ4v) is 2.01. The normalized spacial score (nSPS) is 11.1. The first kappa shape index (κ1) is 9.28. The van der Waals surface area contributed by atoms with Crippen LogP contribution in [0.15, 0.2) is 18.2 Å². The van der Waals surface area contributed by atoms with Crippen LogP contribution in [0.4, 0.5) is 0 Å². The van der Waals surface area contributed by atoms with Gasteiger partial charge in [0.1, 0.15) is 0 Å². The molecule has 2 rings (SSSR count). The summed E-state index contributed by atoms with van der Waals surface area (Å²) in [6.45, 7) is 4.85. The molecule has 0 fully saturated rings. The largest absolute Gasteiger partial charge is 0.348 e. The molecule has 1 heterocycles. The molecule has 0 amide bonds. The predicted octanol–water partition coefficient (Wildman–Crippen LogP) is 2.25. The van der Waals surface area contributed by atoms with E-state index in [4.69, 9.17) is 5.73 Å². The minimum atomic E-state index is 0.617. The van der Waals surface area contributed by atoms with Gasteiger partial charge in [-0.3, -0.25) is 0 Å². The lowest BCUT2D eigenvalue weighted by molar-refractivity contribution is 0.894. The van der Waals surface area contributed by atoms with E-state index >= 15 is 0 Å². The molecular weight excluding hydrogens is 172 g/mol. The number of nitrogens with two attached hydrogens (primary N) is 1. The Balaban J connectivity index is 2.88. The fourth-order valence-electron chi connectivity index (χ4n) is 2.01. The first-order valence-corrected chi connectivity index (χ1v) is 4.89. The summed E-state index contributed by atoms with van der Waals surface area (Å²) in [6.07, 6.45) is 0. The Morgan fingerprint density at radius 3 is 2.64 bits per heavy atom. The van der Waals surface area contributed by atoms with E-state index in [2.05, 4.69) is 43.7 Å². The second-order valence-electron chi connectivity index (χ2n) is 3.85. The van der Waals surface area contributed by atoms with Gasteiger partial charge in [0.15, 0.2) is 0 Å². The average molecular weight is 188 g/mol. The maximum atomic E-state index is 5.75. The third kappa shape index (κ3) is 1.15. The Bertz CT molecular complexity index is 481. The zero-order valence-electron chi connectivity index (χ0n) is 8.96. The molecule has 2 N–H and O–H groups in total. The molecule has 0 saturated heterocycles. The van der Waals surface area contributed by atoms with E-state index in [-0.39, 0.29) is 0 Å². The fraction of sp³-hybridized carbons (Fsp3) is 0.333. The maximum absolute atomic E-state index is 5.75. The third-order valence-electron chi connectivity index (χ3n) is 2.98. The summed E-state index contributed by atoms with van der Waals surface area (Å²) in [5.41, 5.74) is 10.9. The Hall–Kier alpha value is -1.28. The average Bonchev–Trinajstić information content (AvgIpc) is 2.41. The first-order chi connectivity index (χ1) is 6.65. The molecule has 0 atom stereocenters. The second kappa shape index (κ2) is 3.14. The Labute approximate surface area is 84.3 Å². The van der Waals surface area contributed by atoms with Gasteiger partial charge < -0.3 is 10.3 Å². The number of aryl methyl sites for hydroxylation is 2. The monoisotopic (exact) mass is 188 g/mol. The summed E-state index contributed by atoms with van der Waals surface area (Å²) < 4.78 is 2.21. The van der Waals surface area contributed by atoms with Crippen molar-refractivity contribution in [1.82, 2.24) is 4.57 Å². The molecule has 0 aliphatic rings. The van der Waals surface area contributed by atoms with E-state index in [9.17, 15) is 0 Å².